The molecule has 0 radical (unpaired) electrons. The molecule has 1 aliphatic heterocycles. The zero-order chi connectivity index (χ0) is 13.2. The number of hydrogen-bond donors (Lipinski definition) is 2. The molecule has 0 atom stereocenters. The number of halogens is 3. The molecule has 0 amide bonds. The van der Waals surface area contributed by atoms with Crippen LogP contribution in [0.3, 0.4) is 0 Å². The second kappa shape index (κ2) is 4.78. The Balaban J connectivity index is 2.32. The van der Waals surface area contributed by atoms with Crippen LogP contribution in [0.2, 0.25) is 0 Å². The van der Waals surface area contributed by atoms with Crippen LogP contribution in [0.1, 0.15) is 18.4 Å². The van der Waals surface area contributed by atoms with Crippen molar-refractivity contribution in [2.24, 2.45) is 0 Å². The maximum atomic E-state index is 12.3. The molecule has 1 aromatic carbocycles. The molecular formula is C12H14F3NO2. The predicted octanol–water partition coefficient (Wildman–Crippen LogP) is 2.16. The van der Waals surface area contributed by atoms with Gasteiger partial charge in [-0.05, 0) is 32.0 Å². The third-order valence-corrected chi connectivity index (χ3v) is 3.04. The molecule has 3 nitrogen and oxygen atoms in total. The van der Waals surface area contributed by atoms with E-state index in [1.165, 1.54) is 18.2 Å². The van der Waals surface area contributed by atoms with Gasteiger partial charge in [0, 0.05) is 5.56 Å². The molecule has 1 aromatic rings. The third-order valence-electron chi connectivity index (χ3n) is 3.04. The standard InChI is InChI=1S/C12H14F3NO2/c13-12(14,15)18-10-4-2-1-3-9(10)11(17)5-7-16-8-6-11/h1-4,16-17H,5-8H2. The maximum Gasteiger partial charge on any atom is 0.573 e. The molecule has 0 aromatic heterocycles. The lowest BCUT2D eigenvalue weighted by atomic mass is 9.84. The van der Waals surface area contributed by atoms with Crippen molar-refractivity contribution in [2.75, 3.05) is 13.1 Å². The van der Waals surface area contributed by atoms with Crippen LogP contribution in [-0.2, 0) is 5.60 Å². The number of piperidine rings is 1. The lowest BCUT2D eigenvalue weighted by Gasteiger charge is -2.34. The third kappa shape index (κ3) is 2.94. The highest BCUT2D eigenvalue weighted by Crippen LogP contribution is 2.38. The van der Waals surface area contributed by atoms with Gasteiger partial charge in [-0.2, -0.15) is 0 Å². The molecule has 100 valence electrons. The number of alkyl halides is 3. The molecular weight excluding hydrogens is 247 g/mol. The summed E-state index contributed by atoms with van der Waals surface area (Å²) < 4.78 is 40.9. The van der Waals surface area contributed by atoms with E-state index in [0.29, 0.717) is 25.9 Å². The second-order valence-corrected chi connectivity index (χ2v) is 4.33. The van der Waals surface area contributed by atoms with E-state index in [-0.39, 0.29) is 11.3 Å². The van der Waals surface area contributed by atoms with E-state index < -0.39 is 12.0 Å². The fraction of sp³-hybridized carbons (Fsp3) is 0.500. The summed E-state index contributed by atoms with van der Waals surface area (Å²) in [5, 5.41) is 13.5. The molecule has 2 N–H and O–H groups in total. The molecule has 0 unspecified atom stereocenters. The zero-order valence-corrected chi connectivity index (χ0v) is 9.63. The van der Waals surface area contributed by atoms with Crippen molar-refractivity contribution >= 4 is 0 Å². The van der Waals surface area contributed by atoms with Crippen LogP contribution in [0, 0.1) is 0 Å². The van der Waals surface area contributed by atoms with Crippen molar-refractivity contribution in [3.8, 4) is 5.75 Å². The second-order valence-electron chi connectivity index (χ2n) is 4.33. The van der Waals surface area contributed by atoms with Gasteiger partial charge < -0.3 is 15.2 Å². The monoisotopic (exact) mass is 261 g/mol. The smallest absolute Gasteiger partial charge is 0.405 e. The summed E-state index contributed by atoms with van der Waals surface area (Å²) in [4.78, 5) is 0. The molecule has 1 aliphatic rings. The van der Waals surface area contributed by atoms with E-state index in [4.69, 9.17) is 0 Å². The summed E-state index contributed by atoms with van der Waals surface area (Å²) >= 11 is 0. The summed E-state index contributed by atoms with van der Waals surface area (Å²) in [7, 11) is 0. The maximum absolute atomic E-state index is 12.3. The summed E-state index contributed by atoms with van der Waals surface area (Å²) in [5.41, 5.74) is -1.06. The Bertz CT molecular complexity index is 414. The van der Waals surface area contributed by atoms with Gasteiger partial charge in [0.1, 0.15) is 5.75 Å². The zero-order valence-electron chi connectivity index (χ0n) is 9.63. The summed E-state index contributed by atoms with van der Waals surface area (Å²) in [5.74, 6) is -0.325. The van der Waals surface area contributed by atoms with E-state index in [1.54, 1.807) is 6.07 Å². The molecule has 0 saturated carbocycles. The van der Waals surface area contributed by atoms with Gasteiger partial charge in [-0.1, -0.05) is 18.2 Å². The van der Waals surface area contributed by atoms with Crippen LogP contribution >= 0.6 is 0 Å². The average molecular weight is 261 g/mol. The van der Waals surface area contributed by atoms with Crippen LogP contribution in [0.4, 0.5) is 13.2 Å². The number of para-hydroxylation sites is 1. The highest BCUT2D eigenvalue weighted by atomic mass is 19.4. The number of ether oxygens (including phenoxy) is 1. The van der Waals surface area contributed by atoms with Crippen molar-refractivity contribution in [3.05, 3.63) is 29.8 Å². The summed E-state index contributed by atoms with van der Waals surface area (Å²) in [6.45, 7) is 1.13. The van der Waals surface area contributed by atoms with Crippen LogP contribution in [0.15, 0.2) is 24.3 Å². The lowest BCUT2D eigenvalue weighted by Crippen LogP contribution is -2.40. The Kier molecular flexibility index (Phi) is 3.49. The molecule has 0 spiro atoms. The van der Waals surface area contributed by atoms with E-state index >= 15 is 0 Å². The first kappa shape index (κ1) is 13.2. The van der Waals surface area contributed by atoms with E-state index in [1.807, 2.05) is 0 Å². The first-order valence-electron chi connectivity index (χ1n) is 5.69. The van der Waals surface area contributed by atoms with Gasteiger partial charge in [0.25, 0.3) is 0 Å². The van der Waals surface area contributed by atoms with E-state index in [9.17, 15) is 18.3 Å². The largest absolute Gasteiger partial charge is 0.573 e. The minimum absolute atomic E-state index is 0.198. The molecule has 1 heterocycles. The minimum atomic E-state index is -4.75. The van der Waals surface area contributed by atoms with Crippen LogP contribution in [0.5, 0.6) is 5.75 Å². The number of rotatable bonds is 2. The molecule has 1 fully saturated rings. The lowest BCUT2D eigenvalue weighted by molar-refractivity contribution is -0.275. The van der Waals surface area contributed by atoms with Gasteiger partial charge in [-0.15, -0.1) is 13.2 Å². The number of aliphatic hydroxyl groups is 1. The van der Waals surface area contributed by atoms with Gasteiger partial charge in [0.05, 0.1) is 5.60 Å². The van der Waals surface area contributed by atoms with Crippen molar-refractivity contribution in [1.29, 1.82) is 0 Å². The number of hydrogen-bond acceptors (Lipinski definition) is 3. The van der Waals surface area contributed by atoms with Gasteiger partial charge >= 0.3 is 6.36 Å². The molecule has 18 heavy (non-hydrogen) atoms. The molecule has 0 bridgehead atoms. The Hall–Kier alpha value is -1.27. The molecule has 1 saturated heterocycles. The van der Waals surface area contributed by atoms with Crippen molar-refractivity contribution < 1.29 is 23.0 Å². The first-order chi connectivity index (χ1) is 8.41. The first-order valence-corrected chi connectivity index (χ1v) is 5.69. The predicted molar refractivity (Wildman–Crippen MR) is 59.1 cm³/mol. The normalized spacial score (nSPS) is 19.6. The van der Waals surface area contributed by atoms with Gasteiger partial charge in [0.2, 0.25) is 0 Å². The number of benzene rings is 1. The Morgan fingerprint density at radius 3 is 2.39 bits per heavy atom. The van der Waals surface area contributed by atoms with Crippen LogP contribution in [-0.4, -0.2) is 24.6 Å². The van der Waals surface area contributed by atoms with Crippen LogP contribution < -0.4 is 10.1 Å². The number of nitrogens with one attached hydrogen (secondary N) is 1. The van der Waals surface area contributed by atoms with E-state index in [0.717, 1.165) is 0 Å². The average Bonchev–Trinajstić information content (AvgIpc) is 2.28. The molecule has 6 heteroatoms. The van der Waals surface area contributed by atoms with Crippen molar-refractivity contribution in [1.82, 2.24) is 5.32 Å². The van der Waals surface area contributed by atoms with Gasteiger partial charge in [-0.25, -0.2) is 0 Å². The van der Waals surface area contributed by atoms with Crippen molar-refractivity contribution in [2.45, 2.75) is 24.8 Å². The summed E-state index contributed by atoms with van der Waals surface area (Å²) in [6.07, 6.45) is -4.02. The molecule has 0 aliphatic carbocycles. The highest BCUT2D eigenvalue weighted by Gasteiger charge is 2.37. The van der Waals surface area contributed by atoms with Crippen LogP contribution in [0.25, 0.3) is 0 Å². The Morgan fingerprint density at radius 1 is 1.17 bits per heavy atom. The van der Waals surface area contributed by atoms with Gasteiger partial charge in [-0.3, -0.25) is 0 Å². The highest BCUT2D eigenvalue weighted by molar-refractivity contribution is 5.38. The van der Waals surface area contributed by atoms with E-state index in [2.05, 4.69) is 10.1 Å². The minimum Gasteiger partial charge on any atom is -0.405 e. The summed E-state index contributed by atoms with van der Waals surface area (Å²) in [6, 6.07) is 5.75. The molecule has 2 rings (SSSR count). The van der Waals surface area contributed by atoms with Gasteiger partial charge in [0.15, 0.2) is 0 Å². The topological polar surface area (TPSA) is 41.5 Å². The van der Waals surface area contributed by atoms with Crippen molar-refractivity contribution in [3.63, 3.8) is 0 Å². The quantitative estimate of drug-likeness (QED) is 0.857. The Labute approximate surface area is 103 Å². The fourth-order valence-electron chi connectivity index (χ4n) is 2.17. The SMILES string of the molecule is OC1(c2ccccc2OC(F)(F)F)CCNCC1. The Morgan fingerprint density at radius 2 is 1.78 bits per heavy atom. The fourth-order valence-corrected chi connectivity index (χ4v) is 2.17.